The second kappa shape index (κ2) is 18.5. The third kappa shape index (κ3) is 7.99. The van der Waals surface area contributed by atoms with Crippen LogP contribution in [0, 0.1) is 0 Å². The van der Waals surface area contributed by atoms with Crippen LogP contribution in [-0.2, 0) is 28.0 Å². The van der Waals surface area contributed by atoms with Crippen LogP contribution in [0.25, 0.3) is 22.8 Å². The summed E-state index contributed by atoms with van der Waals surface area (Å²) >= 11 is 0. The lowest BCUT2D eigenvalue weighted by Gasteiger charge is -2.39. The lowest BCUT2D eigenvalue weighted by molar-refractivity contribution is -0.108. The lowest BCUT2D eigenvalue weighted by atomic mass is 9.76. The molecule has 0 aliphatic carbocycles. The molecule has 8 nitrogen and oxygen atoms in total. The van der Waals surface area contributed by atoms with E-state index in [2.05, 4.69) is 60.9 Å². The quantitative estimate of drug-likeness (QED) is 0.115. The molecule has 0 bridgehead atoms. The van der Waals surface area contributed by atoms with Crippen LogP contribution < -0.4 is 0 Å². The fourth-order valence-corrected chi connectivity index (χ4v) is 5.80. The van der Waals surface area contributed by atoms with Crippen LogP contribution in [0.15, 0.2) is 152 Å². The molecule has 0 saturated heterocycles. The number of aromatic amines is 1. The minimum absolute atomic E-state index is 0. The van der Waals surface area contributed by atoms with Crippen molar-refractivity contribution in [2.45, 2.75) is 33.2 Å². The van der Waals surface area contributed by atoms with Crippen molar-refractivity contribution in [1.29, 1.82) is 0 Å². The molecule has 1 N–H and O–H groups in total. The standard InChI is InChI=1S/C29H23N3O.C10H9N3O.2CH4.ClH/c33-21-19-28-31-22-27(26-18-10-11-20-30-26)32(28)29(23-12-4-1-5-13-23,24-14-6-2-7-15-24)25-16-8-3-9-17-25;14-6-4-10-12-7-9(13-10)8-3-1-2-5-11-8;;;/h1-18,20-22H,19H2;1-3,5-7H,4H2,(H,12,13);2*1H4;1H. The molecule has 4 heterocycles. The average Bonchev–Trinajstić information content (AvgIpc) is 3.80. The van der Waals surface area contributed by atoms with Crippen molar-refractivity contribution in [2.24, 2.45) is 0 Å². The van der Waals surface area contributed by atoms with Gasteiger partial charge in [-0.3, -0.25) is 9.97 Å². The van der Waals surface area contributed by atoms with Gasteiger partial charge in [-0.2, -0.15) is 0 Å². The van der Waals surface area contributed by atoms with E-state index in [0.29, 0.717) is 18.1 Å². The zero-order chi connectivity index (χ0) is 32.3. The molecular weight excluding hydrogens is 644 g/mol. The van der Waals surface area contributed by atoms with Crippen LogP contribution in [0.5, 0.6) is 0 Å². The minimum Gasteiger partial charge on any atom is -0.340 e. The molecule has 0 fully saturated rings. The Balaban J connectivity index is 0.000000337. The van der Waals surface area contributed by atoms with E-state index in [0.717, 1.165) is 52.0 Å². The van der Waals surface area contributed by atoms with Gasteiger partial charge in [0.2, 0.25) is 0 Å². The zero-order valence-corrected chi connectivity index (χ0v) is 26.8. The van der Waals surface area contributed by atoms with Crippen molar-refractivity contribution in [3.05, 3.63) is 181 Å². The summed E-state index contributed by atoms with van der Waals surface area (Å²) in [6.45, 7) is 0. The molecule has 0 unspecified atom stereocenters. The number of nitrogens with zero attached hydrogens (tertiary/aromatic N) is 5. The smallest absolute Gasteiger partial charge is 0.127 e. The van der Waals surface area contributed by atoms with Crippen LogP contribution >= 0.6 is 12.4 Å². The van der Waals surface area contributed by atoms with Gasteiger partial charge in [0.05, 0.1) is 48.0 Å². The summed E-state index contributed by atoms with van der Waals surface area (Å²) in [5.74, 6) is 1.35. The number of imidazole rings is 2. The average molecular weight is 685 g/mol. The first-order chi connectivity index (χ1) is 23.3. The zero-order valence-electron chi connectivity index (χ0n) is 26.0. The van der Waals surface area contributed by atoms with Gasteiger partial charge in [0.25, 0.3) is 0 Å². The largest absolute Gasteiger partial charge is 0.340 e. The molecule has 0 atom stereocenters. The molecule has 9 heteroatoms. The highest BCUT2D eigenvalue weighted by Crippen LogP contribution is 2.44. The van der Waals surface area contributed by atoms with Crippen molar-refractivity contribution in [3.8, 4) is 22.8 Å². The third-order valence-electron chi connectivity index (χ3n) is 7.78. The number of halogens is 1. The van der Waals surface area contributed by atoms with Gasteiger partial charge in [0.1, 0.15) is 29.8 Å². The highest BCUT2D eigenvalue weighted by molar-refractivity contribution is 5.85. The van der Waals surface area contributed by atoms with Gasteiger partial charge >= 0.3 is 0 Å². The Bertz CT molecular complexity index is 1920. The van der Waals surface area contributed by atoms with E-state index in [1.54, 1.807) is 18.6 Å². The Morgan fingerprint density at radius 1 is 0.560 bits per heavy atom. The molecule has 0 aliphatic rings. The number of nitrogens with one attached hydrogen (secondary N) is 1. The van der Waals surface area contributed by atoms with E-state index in [9.17, 15) is 9.59 Å². The first-order valence-electron chi connectivity index (χ1n) is 15.2. The SMILES string of the molecule is C.C.Cl.O=CCc1ncc(-c2ccccn2)[nH]1.O=CCc1ncc(-c2ccccn2)n1C(c1ccccc1)(c1ccccc1)c1ccccc1. The van der Waals surface area contributed by atoms with Gasteiger partial charge in [-0.25, -0.2) is 9.97 Å². The summed E-state index contributed by atoms with van der Waals surface area (Å²) < 4.78 is 2.18. The van der Waals surface area contributed by atoms with Gasteiger partial charge < -0.3 is 19.1 Å². The Morgan fingerprint density at radius 3 is 1.50 bits per heavy atom. The number of carbonyl (C=O) groups is 2. The van der Waals surface area contributed by atoms with Crippen LogP contribution in [-0.4, -0.2) is 42.1 Å². The number of carbonyl (C=O) groups excluding carboxylic acids is 2. The third-order valence-corrected chi connectivity index (χ3v) is 7.78. The number of pyridine rings is 2. The number of hydrogen-bond acceptors (Lipinski definition) is 6. The fraction of sp³-hybridized carbons (Fsp3) is 0.122. The molecule has 0 radical (unpaired) electrons. The summed E-state index contributed by atoms with van der Waals surface area (Å²) in [4.78, 5) is 42.6. The maximum absolute atomic E-state index is 11.7. The number of aldehydes is 2. The van der Waals surface area contributed by atoms with Gasteiger partial charge in [0, 0.05) is 12.4 Å². The Kier molecular flexibility index (Phi) is 14.2. The number of H-pyrrole nitrogens is 1. The van der Waals surface area contributed by atoms with Crippen LogP contribution in [0.3, 0.4) is 0 Å². The number of benzene rings is 3. The minimum atomic E-state index is -0.758. The predicted octanol–water partition coefficient (Wildman–Crippen LogP) is 8.43. The highest BCUT2D eigenvalue weighted by atomic mass is 35.5. The maximum atomic E-state index is 11.7. The van der Waals surface area contributed by atoms with Gasteiger partial charge in [-0.05, 0) is 41.0 Å². The van der Waals surface area contributed by atoms with E-state index >= 15 is 0 Å². The van der Waals surface area contributed by atoms with E-state index in [1.165, 1.54) is 0 Å². The Hall–Kier alpha value is -5.99. The van der Waals surface area contributed by atoms with Crippen LogP contribution in [0.1, 0.15) is 43.2 Å². The molecular formula is C41H41ClN6O2. The van der Waals surface area contributed by atoms with Crippen molar-refractivity contribution in [3.63, 3.8) is 0 Å². The second-order valence-corrected chi connectivity index (χ2v) is 10.6. The topological polar surface area (TPSA) is 106 Å². The summed E-state index contributed by atoms with van der Waals surface area (Å²) in [5.41, 5.74) is 5.78. The monoisotopic (exact) mass is 684 g/mol. The van der Waals surface area contributed by atoms with Crippen molar-refractivity contribution < 1.29 is 9.59 Å². The van der Waals surface area contributed by atoms with Crippen molar-refractivity contribution in [2.75, 3.05) is 0 Å². The van der Waals surface area contributed by atoms with Gasteiger partial charge in [-0.15, -0.1) is 12.4 Å². The Morgan fingerprint density at radius 2 is 1.04 bits per heavy atom. The molecule has 0 aliphatic heterocycles. The van der Waals surface area contributed by atoms with Gasteiger partial charge in [0.15, 0.2) is 0 Å². The summed E-state index contributed by atoms with van der Waals surface area (Å²) in [6.07, 6.45) is 9.24. The molecule has 4 aromatic heterocycles. The normalized spacial score (nSPS) is 10.2. The fourth-order valence-electron chi connectivity index (χ4n) is 5.80. The van der Waals surface area contributed by atoms with E-state index in [4.69, 9.17) is 4.98 Å². The van der Waals surface area contributed by atoms with Crippen LogP contribution in [0.2, 0.25) is 0 Å². The van der Waals surface area contributed by atoms with Crippen molar-refractivity contribution >= 4 is 25.0 Å². The van der Waals surface area contributed by atoms with Crippen molar-refractivity contribution in [1.82, 2.24) is 29.5 Å². The molecule has 0 amide bonds. The molecule has 254 valence electrons. The van der Waals surface area contributed by atoms with Crippen LogP contribution in [0.4, 0.5) is 0 Å². The maximum Gasteiger partial charge on any atom is 0.127 e. The van der Waals surface area contributed by atoms with Gasteiger partial charge in [-0.1, -0.05) is 118 Å². The van der Waals surface area contributed by atoms with E-state index in [-0.39, 0.29) is 33.7 Å². The number of rotatable bonds is 10. The molecule has 7 aromatic rings. The molecule has 3 aromatic carbocycles. The summed E-state index contributed by atoms with van der Waals surface area (Å²) in [6, 6.07) is 42.6. The Labute approximate surface area is 299 Å². The van der Waals surface area contributed by atoms with E-state index < -0.39 is 5.54 Å². The molecule has 0 saturated carbocycles. The molecule has 0 spiro atoms. The first kappa shape index (κ1) is 38.5. The second-order valence-electron chi connectivity index (χ2n) is 10.6. The summed E-state index contributed by atoms with van der Waals surface area (Å²) in [7, 11) is 0. The molecule has 50 heavy (non-hydrogen) atoms. The number of aromatic nitrogens is 6. The first-order valence-corrected chi connectivity index (χ1v) is 15.2. The number of hydrogen-bond donors (Lipinski definition) is 1. The lowest BCUT2D eigenvalue weighted by Crippen LogP contribution is -2.39. The van der Waals surface area contributed by atoms with E-state index in [1.807, 2.05) is 97.2 Å². The molecule has 7 rings (SSSR count). The predicted molar refractivity (Wildman–Crippen MR) is 202 cm³/mol. The summed E-state index contributed by atoms with van der Waals surface area (Å²) in [5, 5.41) is 0. The highest BCUT2D eigenvalue weighted by Gasteiger charge is 2.41.